The highest BCUT2D eigenvalue weighted by molar-refractivity contribution is 7.98. The molecule has 0 aromatic rings. The lowest BCUT2D eigenvalue weighted by molar-refractivity contribution is -0.142. The molecule has 0 radical (unpaired) electrons. The first-order valence-corrected chi connectivity index (χ1v) is 8.85. The van der Waals surface area contributed by atoms with Crippen LogP contribution in [0.3, 0.4) is 0 Å². The summed E-state index contributed by atoms with van der Waals surface area (Å²) < 4.78 is 5.26. The van der Waals surface area contributed by atoms with Crippen molar-refractivity contribution >= 4 is 23.8 Å². The topological polar surface area (TPSA) is 78.9 Å². The van der Waals surface area contributed by atoms with Crippen molar-refractivity contribution in [3.8, 4) is 0 Å². The van der Waals surface area contributed by atoms with E-state index in [0.29, 0.717) is 19.7 Å². The predicted molar refractivity (Wildman–Crippen MR) is 83.7 cm³/mol. The lowest BCUT2D eigenvalue weighted by Crippen LogP contribution is -2.51. The Balaban J connectivity index is 2.51. The summed E-state index contributed by atoms with van der Waals surface area (Å²) in [6.07, 6.45) is 4.87. The Hall–Kier alpha value is -0.950. The van der Waals surface area contributed by atoms with E-state index in [1.165, 1.54) is 0 Å². The molecule has 21 heavy (non-hydrogen) atoms. The number of amides is 2. The number of unbranched alkanes of at least 4 members (excludes halogenated alkanes) is 1. The Morgan fingerprint density at radius 3 is 2.76 bits per heavy atom. The number of urea groups is 1. The molecule has 2 atom stereocenters. The van der Waals surface area contributed by atoms with Crippen LogP contribution in [0.1, 0.15) is 26.2 Å². The monoisotopic (exact) mass is 318 g/mol. The molecule has 0 aliphatic carbocycles. The Bertz CT molecular complexity index is 341. The minimum absolute atomic E-state index is 0.178. The van der Waals surface area contributed by atoms with Crippen molar-refractivity contribution in [3.63, 3.8) is 0 Å². The van der Waals surface area contributed by atoms with Crippen LogP contribution < -0.4 is 5.32 Å². The fourth-order valence-corrected chi connectivity index (χ4v) is 2.91. The van der Waals surface area contributed by atoms with Gasteiger partial charge >= 0.3 is 12.0 Å². The van der Waals surface area contributed by atoms with E-state index in [1.54, 1.807) is 16.7 Å². The molecule has 0 aromatic heterocycles. The van der Waals surface area contributed by atoms with Gasteiger partial charge in [-0.15, -0.1) is 0 Å². The van der Waals surface area contributed by atoms with Crippen molar-refractivity contribution in [2.24, 2.45) is 5.92 Å². The van der Waals surface area contributed by atoms with Gasteiger partial charge in [-0.1, -0.05) is 6.92 Å². The van der Waals surface area contributed by atoms with Crippen molar-refractivity contribution < 1.29 is 19.4 Å². The largest absolute Gasteiger partial charge is 0.481 e. The zero-order chi connectivity index (χ0) is 15.7. The van der Waals surface area contributed by atoms with Gasteiger partial charge < -0.3 is 20.1 Å². The maximum absolute atomic E-state index is 12.3. The molecule has 0 aromatic carbocycles. The van der Waals surface area contributed by atoms with E-state index < -0.39 is 11.9 Å². The highest BCUT2D eigenvalue weighted by Gasteiger charge is 2.39. The van der Waals surface area contributed by atoms with Crippen LogP contribution in [0.15, 0.2) is 0 Å². The summed E-state index contributed by atoms with van der Waals surface area (Å²) in [6, 6.07) is -0.545. The maximum atomic E-state index is 12.3. The summed E-state index contributed by atoms with van der Waals surface area (Å²) >= 11 is 1.79. The average molecular weight is 318 g/mol. The van der Waals surface area contributed by atoms with Crippen molar-refractivity contribution in [2.75, 3.05) is 38.3 Å². The molecular formula is C14H26N2O4S. The van der Waals surface area contributed by atoms with E-state index in [1.807, 2.05) is 6.92 Å². The lowest BCUT2D eigenvalue weighted by Gasteiger charge is -2.30. The number of rotatable bonds is 9. The average Bonchev–Trinajstić information content (AvgIpc) is 2.93. The van der Waals surface area contributed by atoms with Gasteiger partial charge in [0.1, 0.15) is 5.92 Å². The van der Waals surface area contributed by atoms with Gasteiger partial charge in [-0.25, -0.2) is 4.79 Å². The van der Waals surface area contributed by atoms with E-state index >= 15 is 0 Å². The number of hydrogen-bond donors (Lipinski definition) is 2. The second-order valence-electron chi connectivity index (χ2n) is 5.17. The summed E-state index contributed by atoms with van der Waals surface area (Å²) in [7, 11) is 0. The van der Waals surface area contributed by atoms with Gasteiger partial charge in [0.15, 0.2) is 0 Å². The van der Waals surface area contributed by atoms with E-state index in [4.69, 9.17) is 4.74 Å². The van der Waals surface area contributed by atoms with Gasteiger partial charge in [0.05, 0.1) is 19.3 Å². The molecule has 0 bridgehead atoms. The zero-order valence-corrected chi connectivity index (χ0v) is 13.7. The smallest absolute Gasteiger partial charge is 0.317 e. The van der Waals surface area contributed by atoms with Crippen LogP contribution in [0.4, 0.5) is 4.79 Å². The van der Waals surface area contributed by atoms with Crippen LogP contribution >= 0.6 is 11.8 Å². The number of aliphatic carboxylic acids is 1. The first-order valence-electron chi connectivity index (χ1n) is 7.45. The van der Waals surface area contributed by atoms with Gasteiger partial charge in [-0.05, 0) is 31.3 Å². The van der Waals surface area contributed by atoms with Crippen molar-refractivity contribution in [1.29, 1.82) is 0 Å². The number of ether oxygens (including phenoxy) is 1. The van der Waals surface area contributed by atoms with Crippen LogP contribution in [-0.4, -0.2) is 66.4 Å². The highest BCUT2D eigenvalue weighted by Crippen LogP contribution is 2.20. The Kier molecular flexibility index (Phi) is 8.52. The molecule has 1 aliphatic heterocycles. The minimum atomic E-state index is -0.897. The molecule has 6 nitrogen and oxygen atoms in total. The molecule has 1 heterocycles. The van der Waals surface area contributed by atoms with E-state index in [0.717, 1.165) is 25.0 Å². The standard InChI is InChI=1S/C14H26N2O4S/c1-3-7-16(12-10-20-9-11(12)13(17)18)14(19)15-6-4-5-8-21-2/h11-12H,3-10H2,1-2H3,(H,15,19)(H,17,18). The summed E-state index contributed by atoms with van der Waals surface area (Å²) in [5.41, 5.74) is 0. The second-order valence-corrected chi connectivity index (χ2v) is 6.16. The third-order valence-electron chi connectivity index (χ3n) is 3.54. The molecule has 0 saturated carbocycles. The summed E-state index contributed by atoms with van der Waals surface area (Å²) in [5.74, 6) is -0.434. The molecule has 7 heteroatoms. The Morgan fingerprint density at radius 2 is 2.14 bits per heavy atom. The van der Waals surface area contributed by atoms with E-state index in [-0.39, 0.29) is 18.7 Å². The zero-order valence-electron chi connectivity index (χ0n) is 12.8. The molecule has 2 N–H and O–H groups in total. The fourth-order valence-electron chi connectivity index (χ4n) is 2.41. The summed E-state index contributed by atoms with van der Waals surface area (Å²) in [5, 5.41) is 12.1. The normalized spacial score (nSPS) is 21.2. The van der Waals surface area contributed by atoms with Crippen molar-refractivity contribution in [1.82, 2.24) is 10.2 Å². The quantitative estimate of drug-likeness (QED) is 0.632. The molecule has 1 saturated heterocycles. The van der Waals surface area contributed by atoms with Crippen LogP contribution in [-0.2, 0) is 9.53 Å². The van der Waals surface area contributed by atoms with Crippen LogP contribution in [0.5, 0.6) is 0 Å². The number of hydrogen-bond acceptors (Lipinski definition) is 4. The molecule has 0 spiro atoms. The summed E-state index contributed by atoms with van der Waals surface area (Å²) in [6.45, 7) is 3.64. The molecular weight excluding hydrogens is 292 g/mol. The third-order valence-corrected chi connectivity index (χ3v) is 4.24. The van der Waals surface area contributed by atoms with E-state index in [9.17, 15) is 14.7 Å². The van der Waals surface area contributed by atoms with Gasteiger partial charge in [0.25, 0.3) is 0 Å². The summed E-state index contributed by atoms with van der Waals surface area (Å²) in [4.78, 5) is 25.1. The maximum Gasteiger partial charge on any atom is 0.317 e. The number of carboxylic acid groups (broad SMARTS) is 1. The van der Waals surface area contributed by atoms with Crippen molar-refractivity contribution in [2.45, 2.75) is 32.2 Å². The molecule has 1 rings (SSSR count). The molecule has 1 fully saturated rings. The fraction of sp³-hybridized carbons (Fsp3) is 0.857. The number of carbonyl (C=O) groups is 2. The SMILES string of the molecule is CCCN(C(=O)NCCCCSC)C1COCC1C(=O)O. The number of carboxylic acids is 1. The van der Waals surface area contributed by atoms with Crippen LogP contribution in [0.25, 0.3) is 0 Å². The number of carbonyl (C=O) groups excluding carboxylic acids is 1. The van der Waals surface area contributed by atoms with Gasteiger partial charge in [-0.2, -0.15) is 11.8 Å². The number of nitrogens with one attached hydrogen (secondary N) is 1. The Morgan fingerprint density at radius 1 is 1.38 bits per heavy atom. The molecule has 2 unspecified atom stereocenters. The first-order chi connectivity index (χ1) is 10.1. The Labute approximate surface area is 130 Å². The first kappa shape index (κ1) is 18.1. The third kappa shape index (κ3) is 5.74. The van der Waals surface area contributed by atoms with Gasteiger partial charge in [0, 0.05) is 13.1 Å². The van der Waals surface area contributed by atoms with Gasteiger partial charge in [-0.3, -0.25) is 4.79 Å². The molecule has 122 valence electrons. The van der Waals surface area contributed by atoms with Crippen LogP contribution in [0, 0.1) is 5.92 Å². The number of thioether (sulfide) groups is 1. The number of nitrogens with zero attached hydrogens (tertiary/aromatic N) is 1. The molecule has 2 amide bonds. The highest BCUT2D eigenvalue weighted by atomic mass is 32.2. The van der Waals surface area contributed by atoms with E-state index in [2.05, 4.69) is 11.6 Å². The predicted octanol–water partition coefficient (Wildman–Crippen LogP) is 1.65. The van der Waals surface area contributed by atoms with Crippen LogP contribution in [0.2, 0.25) is 0 Å². The van der Waals surface area contributed by atoms with Gasteiger partial charge in [0.2, 0.25) is 0 Å². The second kappa shape index (κ2) is 9.89. The molecule has 1 aliphatic rings. The minimum Gasteiger partial charge on any atom is -0.481 e. The lowest BCUT2D eigenvalue weighted by atomic mass is 10.0. The van der Waals surface area contributed by atoms with Crippen molar-refractivity contribution in [3.05, 3.63) is 0 Å².